The number of hydrogen-bond acceptors (Lipinski definition) is 6. The van der Waals surface area contributed by atoms with Crippen molar-refractivity contribution in [3.63, 3.8) is 0 Å². The summed E-state index contributed by atoms with van der Waals surface area (Å²) >= 11 is 1.74. The lowest BCUT2D eigenvalue weighted by atomic mass is 9.94. The third-order valence-electron chi connectivity index (χ3n) is 6.87. The molecule has 1 amide bonds. The molecule has 2 aliphatic rings. The first kappa shape index (κ1) is 20.2. The van der Waals surface area contributed by atoms with E-state index in [1.165, 1.54) is 27.1 Å². The van der Waals surface area contributed by atoms with Crippen LogP contribution in [0.2, 0.25) is 0 Å². The highest BCUT2D eigenvalue weighted by Gasteiger charge is 2.31. The summed E-state index contributed by atoms with van der Waals surface area (Å²) in [5, 5.41) is 1.18. The molecular weight excluding hydrogens is 406 g/mol. The van der Waals surface area contributed by atoms with E-state index in [1.54, 1.807) is 17.7 Å². The summed E-state index contributed by atoms with van der Waals surface area (Å²) in [6, 6.07) is 8.43. The Balaban J connectivity index is 1.30. The van der Waals surface area contributed by atoms with Gasteiger partial charge >= 0.3 is 0 Å². The minimum atomic E-state index is 0.0921. The summed E-state index contributed by atoms with van der Waals surface area (Å²) in [6.07, 6.45) is 3.43. The van der Waals surface area contributed by atoms with Crippen molar-refractivity contribution in [2.24, 2.45) is 5.92 Å². The van der Waals surface area contributed by atoms with E-state index in [0.717, 1.165) is 49.7 Å². The molecule has 5 rings (SSSR count). The molecule has 0 spiro atoms. The summed E-state index contributed by atoms with van der Waals surface area (Å²) in [7, 11) is 2.11. The van der Waals surface area contributed by atoms with E-state index in [2.05, 4.69) is 69.8 Å². The normalized spacial score (nSPS) is 17.7. The third-order valence-corrected chi connectivity index (χ3v) is 7.99. The van der Waals surface area contributed by atoms with Crippen LogP contribution in [0.5, 0.6) is 0 Å². The maximum atomic E-state index is 13.4. The van der Waals surface area contributed by atoms with Gasteiger partial charge in [-0.15, -0.1) is 11.3 Å². The molecule has 7 heteroatoms. The van der Waals surface area contributed by atoms with Gasteiger partial charge in [-0.25, -0.2) is 9.97 Å². The summed E-state index contributed by atoms with van der Waals surface area (Å²) in [5.74, 6) is 1.43. The fraction of sp³-hybridized carbons (Fsp3) is 0.458. The van der Waals surface area contributed by atoms with Gasteiger partial charge in [0.05, 0.1) is 5.39 Å². The number of aryl methyl sites for hydroxylation is 2. The topological polar surface area (TPSA) is 52.6 Å². The molecule has 6 nitrogen and oxygen atoms in total. The van der Waals surface area contributed by atoms with E-state index in [9.17, 15) is 4.79 Å². The number of piperidine rings is 1. The molecule has 31 heavy (non-hydrogen) atoms. The number of amides is 1. The van der Waals surface area contributed by atoms with Gasteiger partial charge in [0, 0.05) is 56.3 Å². The number of benzene rings is 1. The smallest absolute Gasteiger partial charge is 0.226 e. The van der Waals surface area contributed by atoms with Crippen molar-refractivity contribution in [2.45, 2.75) is 33.2 Å². The summed E-state index contributed by atoms with van der Waals surface area (Å²) < 4.78 is 0. The molecule has 0 aliphatic carbocycles. The number of thiophene rings is 1. The average molecular weight is 436 g/mol. The SMILES string of the molecule is Cc1sc2ncnc(N3CCC(C(=O)N4CCN(C)c5ccccc5C4)CC3)c2c1C. The summed E-state index contributed by atoms with van der Waals surface area (Å²) in [5.41, 5.74) is 3.75. The fourth-order valence-corrected chi connectivity index (χ4v) is 5.87. The van der Waals surface area contributed by atoms with Gasteiger partial charge in [0.2, 0.25) is 5.91 Å². The Hall–Kier alpha value is -2.67. The molecule has 0 saturated carbocycles. The highest BCUT2D eigenvalue weighted by Crippen LogP contribution is 2.36. The Morgan fingerprint density at radius 3 is 2.65 bits per heavy atom. The minimum Gasteiger partial charge on any atom is -0.373 e. The second-order valence-corrected chi connectivity index (χ2v) is 9.94. The number of carbonyl (C=O) groups excluding carboxylic acids is 1. The molecule has 1 aromatic carbocycles. The first-order valence-corrected chi connectivity index (χ1v) is 11.9. The number of nitrogens with zero attached hydrogens (tertiary/aromatic N) is 5. The number of hydrogen-bond donors (Lipinski definition) is 0. The van der Waals surface area contributed by atoms with E-state index in [4.69, 9.17) is 0 Å². The van der Waals surface area contributed by atoms with E-state index in [1.807, 2.05) is 0 Å². The summed E-state index contributed by atoms with van der Waals surface area (Å²) in [4.78, 5) is 31.5. The fourth-order valence-electron chi connectivity index (χ4n) is 4.88. The van der Waals surface area contributed by atoms with Crippen molar-refractivity contribution in [3.8, 4) is 0 Å². The van der Waals surface area contributed by atoms with Crippen LogP contribution in [0.3, 0.4) is 0 Å². The van der Waals surface area contributed by atoms with Crippen molar-refractivity contribution in [3.05, 3.63) is 46.6 Å². The first-order chi connectivity index (χ1) is 15.0. The van der Waals surface area contributed by atoms with Gasteiger partial charge in [-0.1, -0.05) is 18.2 Å². The molecule has 1 fully saturated rings. The molecule has 4 heterocycles. The Bertz CT molecular complexity index is 1120. The van der Waals surface area contributed by atoms with Crippen LogP contribution in [0, 0.1) is 19.8 Å². The molecule has 3 aromatic rings. The van der Waals surface area contributed by atoms with Crippen LogP contribution in [-0.2, 0) is 11.3 Å². The molecule has 2 aliphatic heterocycles. The van der Waals surface area contributed by atoms with Gasteiger partial charge in [-0.3, -0.25) is 4.79 Å². The predicted molar refractivity (Wildman–Crippen MR) is 127 cm³/mol. The number of rotatable bonds is 2. The van der Waals surface area contributed by atoms with Gasteiger partial charge in [-0.05, 0) is 43.9 Å². The van der Waals surface area contributed by atoms with Crippen molar-refractivity contribution in [2.75, 3.05) is 43.0 Å². The lowest BCUT2D eigenvalue weighted by Crippen LogP contribution is -2.43. The molecule has 0 radical (unpaired) electrons. The van der Waals surface area contributed by atoms with Crippen LogP contribution in [-0.4, -0.2) is 54.0 Å². The van der Waals surface area contributed by atoms with E-state index in [-0.39, 0.29) is 5.92 Å². The van der Waals surface area contributed by atoms with Crippen molar-refractivity contribution >= 4 is 39.0 Å². The highest BCUT2D eigenvalue weighted by atomic mass is 32.1. The number of anilines is 2. The molecule has 0 bridgehead atoms. The van der Waals surface area contributed by atoms with E-state index >= 15 is 0 Å². The van der Waals surface area contributed by atoms with Gasteiger partial charge in [0.1, 0.15) is 17.0 Å². The van der Waals surface area contributed by atoms with Crippen LogP contribution < -0.4 is 9.80 Å². The van der Waals surface area contributed by atoms with Crippen LogP contribution in [0.15, 0.2) is 30.6 Å². The Labute approximate surface area is 187 Å². The van der Waals surface area contributed by atoms with Crippen LogP contribution in [0.4, 0.5) is 11.5 Å². The molecule has 0 N–H and O–H groups in total. The summed E-state index contributed by atoms with van der Waals surface area (Å²) in [6.45, 7) is 8.39. The van der Waals surface area contributed by atoms with E-state index in [0.29, 0.717) is 12.5 Å². The quantitative estimate of drug-likeness (QED) is 0.609. The predicted octanol–water partition coefficient (Wildman–Crippen LogP) is 4.00. The van der Waals surface area contributed by atoms with Gasteiger partial charge in [-0.2, -0.15) is 0 Å². The van der Waals surface area contributed by atoms with Gasteiger partial charge in [0.25, 0.3) is 0 Å². The Morgan fingerprint density at radius 1 is 1.06 bits per heavy atom. The zero-order valence-corrected chi connectivity index (χ0v) is 19.3. The monoisotopic (exact) mass is 435 g/mol. The third kappa shape index (κ3) is 3.65. The standard InChI is InChI=1S/C24H29N5OS/c1-16-17(2)31-23-21(16)22(25-15-26-23)28-10-8-18(9-11-28)24(30)29-13-12-27(3)20-7-5-4-6-19(20)14-29/h4-7,15,18H,8-14H2,1-3H3. The minimum absolute atomic E-state index is 0.0921. The second kappa shape index (κ2) is 8.11. The van der Waals surface area contributed by atoms with E-state index < -0.39 is 0 Å². The molecule has 162 valence electrons. The molecule has 1 saturated heterocycles. The van der Waals surface area contributed by atoms with Crippen molar-refractivity contribution in [1.29, 1.82) is 0 Å². The largest absolute Gasteiger partial charge is 0.373 e. The molecule has 0 atom stereocenters. The number of carbonyl (C=O) groups is 1. The number of likely N-dealkylation sites (N-methyl/N-ethyl adjacent to an activating group) is 1. The van der Waals surface area contributed by atoms with Crippen molar-refractivity contribution in [1.82, 2.24) is 14.9 Å². The zero-order chi connectivity index (χ0) is 21.5. The van der Waals surface area contributed by atoms with Gasteiger partial charge < -0.3 is 14.7 Å². The van der Waals surface area contributed by atoms with Gasteiger partial charge in [0.15, 0.2) is 0 Å². The van der Waals surface area contributed by atoms with Crippen LogP contribution >= 0.6 is 11.3 Å². The van der Waals surface area contributed by atoms with Crippen LogP contribution in [0.1, 0.15) is 28.8 Å². The van der Waals surface area contributed by atoms with Crippen LogP contribution in [0.25, 0.3) is 10.2 Å². The maximum absolute atomic E-state index is 13.4. The van der Waals surface area contributed by atoms with Crippen molar-refractivity contribution < 1.29 is 4.79 Å². The zero-order valence-electron chi connectivity index (χ0n) is 18.5. The molecule has 0 unspecified atom stereocenters. The average Bonchev–Trinajstić information content (AvgIpc) is 2.98. The Kier molecular flexibility index (Phi) is 5.30. The number of para-hydroxylation sites is 1. The maximum Gasteiger partial charge on any atom is 0.226 e. The molecule has 2 aromatic heterocycles. The lowest BCUT2D eigenvalue weighted by Gasteiger charge is -2.35. The first-order valence-electron chi connectivity index (χ1n) is 11.1. The lowest BCUT2D eigenvalue weighted by molar-refractivity contribution is -0.136. The second-order valence-electron chi connectivity index (χ2n) is 8.73. The number of fused-ring (bicyclic) bond motifs is 2. The Morgan fingerprint density at radius 2 is 1.84 bits per heavy atom. The highest BCUT2D eigenvalue weighted by molar-refractivity contribution is 7.18. The number of aromatic nitrogens is 2. The molecular formula is C24H29N5OS.